The molecule has 7 nitrogen and oxygen atoms in total. The Morgan fingerprint density at radius 2 is 1.64 bits per heavy atom. The third-order valence-corrected chi connectivity index (χ3v) is 7.87. The minimum absolute atomic E-state index is 0.104. The molecule has 1 atom stereocenters. The van der Waals surface area contributed by atoms with E-state index in [-0.39, 0.29) is 22.8 Å². The van der Waals surface area contributed by atoms with Gasteiger partial charge in [-0.1, -0.05) is 46.3 Å². The number of nitrogens with zero attached hydrogens (tertiary/aromatic N) is 1. The maximum absolute atomic E-state index is 13.2. The number of halogens is 1. The lowest BCUT2D eigenvalue weighted by atomic mass is 10.1. The van der Waals surface area contributed by atoms with Gasteiger partial charge in [-0.25, -0.2) is 4.98 Å². The number of nitrogens with one attached hydrogen (secondary N) is 3. The molecule has 1 aromatic heterocycles. The van der Waals surface area contributed by atoms with Crippen molar-refractivity contribution in [3.8, 4) is 0 Å². The molecule has 4 rings (SSSR count). The number of hydrogen-bond donors (Lipinski definition) is 3. The number of benzene rings is 3. The molecule has 0 saturated heterocycles. The Labute approximate surface area is 243 Å². The number of hydrogen-bond acceptors (Lipinski definition) is 6. The number of rotatable bonds is 9. The van der Waals surface area contributed by atoms with Crippen LogP contribution in [0.25, 0.3) is 6.08 Å². The summed E-state index contributed by atoms with van der Waals surface area (Å²) in [6.07, 6.45) is 1.62. The maximum Gasteiger partial charge on any atom is 0.272 e. The molecule has 3 N–H and O–H groups in total. The van der Waals surface area contributed by atoms with Crippen LogP contribution in [0.15, 0.2) is 99.3 Å². The highest BCUT2D eigenvalue weighted by Crippen LogP contribution is 2.26. The zero-order chi connectivity index (χ0) is 27.8. The van der Waals surface area contributed by atoms with Crippen molar-refractivity contribution < 1.29 is 14.4 Å². The van der Waals surface area contributed by atoms with E-state index in [1.807, 2.05) is 61.7 Å². The van der Waals surface area contributed by atoms with E-state index in [1.165, 1.54) is 23.1 Å². The number of carbonyl (C=O) groups is 3. The largest absolute Gasteiger partial charge is 0.321 e. The molecular formula is C29H25BrN4O3S2. The van der Waals surface area contributed by atoms with Crippen LogP contribution in [-0.2, 0) is 9.59 Å². The van der Waals surface area contributed by atoms with Gasteiger partial charge in [0.05, 0.1) is 10.9 Å². The Balaban J connectivity index is 1.43. The second-order valence-electron chi connectivity index (χ2n) is 8.45. The molecule has 0 radical (unpaired) electrons. The van der Waals surface area contributed by atoms with Crippen LogP contribution < -0.4 is 16.0 Å². The van der Waals surface area contributed by atoms with Gasteiger partial charge in [-0.3, -0.25) is 14.4 Å². The van der Waals surface area contributed by atoms with Gasteiger partial charge in [0, 0.05) is 26.0 Å². The summed E-state index contributed by atoms with van der Waals surface area (Å²) in [5.74, 6) is -0.987. The van der Waals surface area contributed by atoms with E-state index in [9.17, 15) is 14.4 Å². The fourth-order valence-electron chi connectivity index (χ4n) is 3.36. The van der Waals surface area contributed by atoms with E-state index >= 15 is 0 Å². The number of thioether (sulfide) groups is 1. The fraction of sp³-hybridized carbons (Fsp3) is 0.103. The number of anilines is 2. The molecule has 0 aliphatic carbocycles. The molecule has 3 aromatic carbocycles. The smallest absolute Gasteiger partial charge is 0.272 e. The van der Waals surface area contributed by atoms with Crippen LogP contribution >= 0.6 is 39.0 Å². The Hall–Kier alpha value is -3.73. The average Bonchev–Trinajstić information content (AvgIpc) is 3.35. The normalized spacial score (nSPS) is 11.9. The van der Waals surface area contributed by atoms with Gasteiger partial charge in [0.2, 0.25) is 5.91 Å². The molecule has 0 fully saturated rings. The Morgan fingerprint density at radius 1 is 0.949 bits per heavy atom. The van der Waals surface area contributed by atoms with E-state index in [0.717, 1.165) is 20.6 Å². The van der Waals surface area contributed by atoms with Crippen LogP contribution in [0, 0.1) is 6.92 Å². The van der Waals surface area contributed by atoms with Crippen molar-refractivity contribution in [3.05, 3.63) is 111 Å². The highest BCUT2D eigenvalue weighted by atomic mass is 79.9. The summed E-state index contributed by atoms with van der Waals surface area (Å²) in [4.78, 5) is 43.6. The van der Waals surface area contributed by atoms with Gasteiger partial charge in [-0.05, 0) is 74.0 Å². The van der Waals surface area contributed by atoms with Crippen molar-refractivity contribution >= 4 is 73.6 Å². The van der Waals surface area contributed by atoms with Crippen molar-refractivity contribution in [3.63, 3.8) is 0 Å². The second kappa shape index (κ2) is 13.4. The van der Waals surface area contributed by atoms with Gasteiger partial charge in [-0.15, -0.1) is 23.1 Å². The number of carbonyl (C=O) groups excluding carboxylic acids is 3. The molecule has 0 bridgehead atoms. The molecule has 0 aliphatic heterocycles. The third kappa shape index (κ3) is 8.38. The van der Waals surface area contributed by atoms with Gasteiger partial charge >= 0.3 is 0 Å². The molecule has 1 heterocycles. The minimum Gasteiger partial charge on any atom is -0.321 e. The SMILES string of the molecule is Cc1csc(NC(=O)C(C)Sc2ccc(NC(=O)/C(=C/c3ccc(Br)cc3)NC(=O)c3ccccc3)cc2)n1. The minimum atomic E-state index is -0.464. The highest BCUT2D eigenvalue weighted by Gasteiger charge is 2.17. The quantitative estimate of drug-likeness (QED) is 0.142. The van der Waals surface area contributed by atoms with Crippen LogP contribution in [0.3, 0.4) is 0 Å². The summed E-state index contributed by atoms with van der Waals surface area (Å²) in [6.45, 7) is 3.70. The van der Waals surface area contributed by atoms with Crippen molar-refractivity contribution in [2.45, 2.75) is 24.0 Å². The predicted octanol–water partition coefficient (Wildman–Crippen LogP) is 6.74. The molecule has 0 spiro atoms. The van der Waals surface area contributed by atoms with E-state index < -0.39 is 5.91 Å². The van der Waals surface area contributed by atoms with Crippen molar-refractivity contribution in [1.29, 1.82) is 0 Å². The molecule has 39 heavy (non-hydrogen) atoms. The third-order valence-electron chi connectivity index (χ3n) is 5.35. The van der Waals surface area contributed by atoms with Gasteiger partial charge in [0.15, 0.2) is 5.13 Å². The lowest BCUT2D eigenvalue weighted by molar-refractivity contribution is -0.115. The molecule has 0 saturated carbocycles. The predicted molar refractivity (Wildman–Crippen MR) is 162 cm³/mol. The first-order chi connectivity index (χ1) is 18.8. The number of aromatic nitrogens is 1. The van der Waals surface area contributed by atoms with Gasteiger partial charge in [-0.2, -0.15) is 0 Å². The molecule has 1 unspecified atom stereocenters. The second-order valence-corrected chi connectivity index (χ2v) is 11.6. The molecule has 3 amide bonds. The van der Waals surface area contributed by atoms with E-state index in [4.69, 9.17) is 0 Å². The lowest BCUT2D eigenvalue weighted by Gasteiger charge is -2.13. The molecule has 198 valence electrons. The molecular weight excluding hydrogens is 596 g/mol. The Morgan fingerprint density at radius 3 is 2.28 bits per heavy atom. The Kier molecular flexibility index (Phi) is 9.69. The van der Waals surface area contributed by atoms with Crippen molar-refractivity contribution in [2.24, 2.45) is 0 Å². The van der Waals surface area contributed by atoms with E-state index in [0.29, 0.717) is 16.4 Å². The summed E-state index contributed by atoms with van der Waals surface area (Å²) in [6, 6.07) is 23.3. The first-order valence-electron chi connectivity index (χ1n) is 11.9. The fourth-order valence-corrected chi connectivity index (χ4v) is 5.18. The molecule has 0 aliphatic rings. The van der Waals surface area contributed by atoms with E-state index in [2.05, 4.69) is 36.9 Å². The molecule has 10 heteroatoms. The van der Waals surface area contributed by atoms with Crippen LogP contribution in [-0.4, -0.2) is 28.0 Å². The Bertz CT molecular complexity index is 1490. The van der Waals surface area contributed by atoms with Gasteiger partial charge in [0.25, 0.3) is 11.8 Å². The first-order valence-corrected chi connectivity index (χ1v) is 14.5. The van der Waals surface area contributed by atoms with Gasteiger partial charge < -0.3 is 16.0 Å². The first kappa shape index (κ1) is 28.3. The van der Waals surface area contributed by atoms with Gasteiger partial charge in [0.1, 0.15) is 5.70 Å². The van der Waals surface area contributed by atoms with Crippen LogP contribution in [0.1, 0.15) is 28.5 Å². The standard InChI is InChI=1S/C29H25BrN4O3S2/c1-18-17-38-29(31-18)34-26(35)19(2)39-24-14-12-23(13-15-24)32-28(37)25(16-20-8-10-22(30)11-9-20)33-27(36)21-6-4-3-5-7-21/h3-17,19H,1-2H3,(H,32,37)(H,33,36)(H,31,34,35)/b25-16-. The molecule has 4 aromatic rings. The lowest BCUT2D eigenvalue weighted by Crippen LogP contribution is -2.30. The van der Waals surface area contributed by atoms with Crippen LogP contribution in [0.4, 0.5) is 10.8 Å². The average molecular weight is 622 g/mol. The van der Waals surface area contributed by atoms with Crippen LogP contribution in [0.5, 0.6) is 0 Å². The zero-order valence-electron chi connectivity index (χ0n) is 21.1. The summed E-state index contributed by atoms with van der Waals surface area (Å²) in [5.41, 5.74) is 2.71. The van der Waals surface area contributed by atoms with Crippen molar-refractivity contribution in [1.82, 2.24) is 10.3 Å². The summed E-state index contributed by atoms with van der Waals surface area (Å²) in [7, 11) is 0. The zero-order valence-corrected chi connectivity index (χ0v) is 24.3. The highest BCUT2D eigenvalue weighted by molar-refractivity contribution is 9.10. The number of aryl methyl sites for hydroxylation is 1. The summed E-state index contributed by atoms with van der Waals surface area (Å²) in [5, 5.41) is 10.5. The summed E-state index contributed by atoms with van der Waals surface area (Å²) < 4.78 is 0.905. The van der Waals surface area contributed by atoms with Crippen molar-refractivity contribution in [2.75, 3.05) is 10.6 Å². The summed E-state index contributed by atoms with van der Waals surface area (Å²) >= 11 is 6.19. The topological polar surface area (TPSA) is 100 Å². The van der Waals surface area contributed by atoms with E-state index in [1.54, 1.807) is 42.5 Å². The number of thiazole rings is 1. The maximum atomic E-state index is 13.2. The number of amides is 3. The monoisotopic (exact) mass is 620 g/mol. The van der Waals surface area contributed by atoms with Crippen LogP contribution in [0.2, 0.25) is 0 Å².